The Kier molecular flexibility index (Phi) is 10.0. The molecule has 0 saturated carbocycles. The van der Waals surface area contributed by atoms with Crippen LogP contribution in [0, 0.1) is 5.82 Å². The largest absolute Gasteiger partial charge is 0.423 e. The highest BCUT2D eigenvalue weighted by molar-refractivity contribution is 5.84. The van der Waals surface area contributed by atoms with Crippen LogP contribution in [0.25, 0.3) is 17.5 Å². The summed E-state index contributed by atoms with van der Waals surface area (Å²) in [6.07, 6.45) is 1.02. The Morgan fingerprint density at radius 2 is 1.85 bits per heavy atom. The zero-order chi connectivity index (χ0) is 29.4. The molecule has 2 aromatic heterocycles. The van der Waals surface area contributed by atoms with Crippen molar-refractivity contribution in [1.82, 2.24) is 25.1 Å². The van der Waals surface area contributed by atoms with Gasteiger partial charge in [-0.05, 0) is 49.7 Å². The SMILES string of the molecule is CC(CCCN(C)/C=C\c1cc(-c2ncc(C(F)CF)cn2)c(F)cc1C=O)Nc1cn[nH]c(=O)c1C(F)(F)F. The minimum Gasteiger partial charge on any atom is -0.381 e. The van der Waals surface area contributed by atoms with Crippen molar-refractivity contribution in [3.05, 3.63) is 75.3 Å². The lowest BCUT2D eigenvalue weighted by atomic mass is 10.0. The van der Waals surface area contributed by atoms with Gasteiger partial charge < -0.3 is 10.2 Å². The number of aromatic amines is 1. The summed E-state index contributed by atoms with van der Waals surface area (Å²) in [7, 11) is 1.74. The van der Waals surface area contributed by atoms with Crippen molar-refractivity contribution in [2.75, 3.05) is 25.6 Å². The number of benzene rings is 1. The highest BCUT2D eigenvalue weighted by Gasteiger charge is 2.37. The van der Waals surface area contributed by atoms with Crippen LogP contribution in [0.15, 0.2) is 41.7 Å². The van der Waals surface area contributed by atoms with Crippen LogP contribution in [0.4, 0.5) is 32.0 Å². The first kappa shape index (κ1) is 30.3. The normalized spacial score (nSPS) is 13.3. The number of alkyl halides is 5. The number of H-pyrrole nitrogens is 1. The van der Waals surface area contributed by atoms with E-state index in [1.807, 2.05) is 0 Å². The smallest absolute Gasteiger partial charge is 0.381 e. The number of aldehydes is 1. The average molecular weight is 569 g/mol. The minimum absolute atomic E-state index is 0.0394. The molecular formula is C26H26F6N6O2. The third-order valence-corrected chi connectivity index (χ3v) is 5.91. The first-order valence-corrected chi connectivity index (χ1v) is 12.1. The van der Waals surface area contributed by atoms with Gasteiger partial charge in [0.15, 0.2) is 18.3 Å². The van der Waals surface area contributed by atoms with Gasteiger partial charge in [0, 0.05) is 43.2 Å². The van der Waals surface area contributed by atoms with Gasteiger partial charge in [0.2, 0.25) is 0 Å². The van der Waals surface area contributed by atoms with Crippen molar-refractivity contribution in [1.29, 1.82) is 0 Å². The van der Waals surface area contributed by atoms with Gasteiger partial charge in [-0.15, -0.1) is 0 Å². The van der Waals surface area contributed by atoms with Crippen molar-refractivity contribution in [3.8, 4) is 11.4 Å². The second-order valence-corrected chi connectivity index (χ2v) is 9.01. The summed E-state index contributed by atoms with van der Waals surface area (Å²) in [5.41, 5.74) is -2.78. The van der Waals surface area contributed by atoms with Crippen LogP contribution in [-0.2, 0) is 6.18 Å². The first-order valence-electron chi connectivity index (χ1n) is 12.1. The summed E-state index contributed by atoms with van der Waals surface area (Å²) in [5, 5.41) is 7.89. The van der Waals surface area contributed by atoms with Crippen LogP contribution in [0.5, 0.6) is 0 Å². The summed E-state index contributed by atoms with van der Waals surface area (Å²) >= 11 is 0. The summed E-state index contributed by atoms with van der Waals surface area (Å²) in [6.45, 7) is 0.914. The number of carbonyl (C=O) groups is 1. The molecule has 40 heavy (non-hydrogen) atoms. The Bertz CT molecular complexity index is 1390. The molecule has 2 heterocycles. The molecule has 0 bridgehead atoms. The lowest BCUT2D eigenvalue weighted by molar-refractivity contribution is -0.138. The summed E-state index contributed by atoms with van der Waals surface area (Å²) in [5.74, 6) is -0.841. The molecule has 8 nitrogen and oxygen atoms in total. The molecule has 0 aliphatic heterocycles. The fraction of sp³-hybridized carbons (Fsp3) is 0.346. The van der Waals surface area contributed by atoms with Crippen LogP contribution in [0.3, 0.4) is 0 Å². The molecule has 2 N–H and O–H groups in total. The number of hydrogen-bond donors (Lipinski definition) is 2. The molecule has 0 spiro atoms. The van der Waals surface area contributed by atoms with Gasteiger partial charge in [-0.2, -0.15) is 18.3 Å². The van der Waals surface area contributed by atoms with Crippen molar-refractivity contribution < 1.29 is 31.1 Å². The molecule has 3 aromatic rings. The van der Waals surface area contributed by atoms with Crippen LogP contribution >= 0.6 is 0 Å². The standard InChI is InChI=1S/C26H26F6N6O2/c1-15(36-22-13-35-37-25(40)23(22)26(30,31)32)4-3-6-38(2)7-5-16-8-19(20(28)9-17(16)14-39)24-33-11-18(12-34-24)21(29)10-27/h5,7-9,11-15,21H,3-4,6,10H2,1-2H3,(H2,36,37,40)/b7-5-. The van der Waals surface area contributed by atoms with Gasteiger partial charge in [-0.1, -0.05) is 0 Å². The number of nitrogens with zero attached hydrogens (tertiary/aromatic N) is 4. The van der Waals surface area contributed by atoms with E-state index >= 15 is 0 Å². The van der Waals surface area contributed by atoms with Gasteiger partial charge in [-0.25, -0.2) is 28.2 Å². The van der Waals surface area contributed by atoms with Crippen molar-refractivity contribution >= 4 is 18.0 Å². The Morgan fingerprint density at radius 3 is 2.48 bits per heavy atom. The Labute approximate surface area is 225 Å². The van der Waals surface area contributed by atoms with Crippen LogP contribution in [0.2, 0.25) is 0 Å². The van der Waals surface area contributed by atoms with E-state index in [0.29, 0.717) is 31.2 Å². The van der Waals surface area contributed by atoms with E-state index in [1.165, 1.54) is 6.07 Å². The van der Waals surface area contributed by atoms with Crippen LogP contribution < -0.4 is 10.9 Å². The highest BCUT2D eigenvalue weighted by Crippen LogP contribution is 2.32. The van der Waals surface area contributed by atoms with Gasteiger partial charge in [0.25, 0.3) is 5.56 Å². The molecule has 2 atom stereocenters. The van der Waals surface area contributed by atoms with E-state index in [9.17, 15) is 35.9 Å². The van der Waals surface area contributed by atoms with E-state index in [0.717, 1.165) is 24.7 Å². The third-order valence-electron chi connectivity index (χ3n) is 5.91. The second kappa shape index (κ2) is 13.2. The molecular weight excluding hydrogens is 542 g/mol. The maximum absolute atomic E-state index is 14.6. The average Bonchev–Trinajstić information content (AvgIpc) is 2.91. The number of aromatic nitrogens is 4. The monoisotopic (exact) mass is 568 g/mol. The van der Waals surface area contributed by atoms with E-state index < -0.39 is 47.7 Å². The fourth-order valence-corrected chi connectivity index (χ4v) is 3.81. The molecule has 0 aliphatic carbocycles. The lowest BCUT2D eigenvalue weighted by Gasteiger charge is -2.20. The molecule has 214 valence electrons. The molecule has 0 amide bonds. The van der Waals surface area contributed by atoms with Crippen molar-refractivity contribution in [2.45, 2.75) is 38.2 Å². The van der Waals surface area contributed by atoms with Crippen molar-refractivity contribution in [3.63, 3.8) is 0 Å². The van der Waals surface area contributed by atoms with Gasteiger partial charge in [0.1, 0.15) is 18.1 Å². The molecule has 1 aromatic carbocycles. The van der Waals surface area contributed by atoms with Crippen LogP contribution in [-0.4, -0.2) is 57.7 Å². The second-order valence-electron chi connectivity index (χ2n) is 9.01. The quantitative estimate of drug-likeness (QED) is 0.224. The predicted octanol–water partition coefficient (Wildman–Crippen LogP) is 5.36. The number of nitrogens with one attached hydrogen (secondary N) is 2. The van der Waals surface area contributed by atoms with Gasteiger partial charge in [-0.3, -0.25) is 9.59 Å². The molecule has 14 heteroatoms. The van der Waals surface area contributed by atoms with E-state index in [2.05, 4.69) is 20.4 Å². The maximum Gasteiger partial charge on any atom is 0.423 e. The van der Waals surface area contributed by atoms with E-state index in [4.69, 9.17) is 0 Å². The maximum atomic E-state index is 14.6. The Balaban J connectivity index is 1.64. The topological polar surface area (TPSA) is 104 Å². The molecule has 0 radical (unpaired) electrons. The number of rotatable bonds is 12. The zero-order valence-electron chi connectivity index (χ0n) is 21.5. The minimum atomic E-state index is -4.84. The summed E-state index contributed by atoms with van der Waals surface area (Å²) in [4.78, 5) is 32.7. The number of hydrogen-bond acceptors (Lipinski definition) is 7. The zero-order valence-corrected chi connectivity index (χ0v) is 21.5. The van der Waals surface area contributed by atoms with Gasteiger partial charge in [0.05, 0.1) is 17.4 Å². The molecule has 2 unspecified atom stereocenters. The van der Waals surface area contributed by atoms with E-state index in [1.54, 1.807) is 36.2 Å². The van der Waals surface area contributed by atoms with Crippen LogP contribution in [0.1, 0.15) is 53.0 Å². The predicted molar refractivity (Wildman–Crippen MR) is 136 cm³/mol. The molecule has 0 aliphatic rings. The van der Waals surface area contributed by atoms with E-state index in [-0.39, 0.29) is 22.5 Å². The van der Waals surface area contributed by atoms with Gasteiger partial charge >= 0.3 is 6.18 Å². The molecule has 0 saturated heterocycles. The Morgan fingerprint density at radius 1 is 1.15 bits per heavy atom. The molecule has 0 fully saturated rings. The van der Waals surface area contributed by atoms with Crippen molar-refractivity contribution in [2.24, 2.45) is 0 Å². The lowest BCUT2D eigenvalue weighted by Crippen LogP contribution is -2.27. The fourth-order valence-electron chi connectivity index (χ4n) is 3.81. The first-order chi connectivity index (χ1) is 18.9. The summed E-state index contributed by atoms with van der Waals surface area (Å²) < 4.78 is 80.3. The number of carbonyl (C=O) groups excluding carboxylic acids is 1. The molecule has 3 rings (SSSR count). The summed E-state index contributed by atoms with van der Waals surface area (Å²) in [6, 6.07) is 1.97. The third kappa shape index (κ3) is 7.67. The highest BCUT2D eigenvalue weighted by atomic mass is 19.4. The number of halogens is 6. The Hall–Kier alpha value is -4.23. The number of anilines is 1.